The topological polar surface area (TPSA) is 62.2 Å². The predicted octanol–water partition coefficient (Wildman–Crippen LogP) is 2.52. The second kappa shape index (κ2) is 4.12. The Morgan fingerprint density at radius 2 is 2.38 bits per heavy atom. The van der Waals surface area contributed by atoms with E-state index >= 15 is 0 Å². The Morgan fingerprint density at radius 1 is 1.62 bits per heavy atom. The van der Waals surface area contributed by atoms with E-state index < -0.39 is 5.97 Å². The summed E-state index contributed by atoms with van der Waals surface area (Å²) < 4.78 is 0. The highest BCUT2D eigenvalue weighted by atomic mass is 16.4. The average Bonchev–Trinajstić information content (AvgIpc) is 2.24. The van der Waals surface area contributed by atoms with Crippen molar-refractivity contribution in [3.63, 3.8) is 0 Å². The summed E-state index contributed by atoms with van der Waals surface area (Å²) >= 11 is 0. The van der Waals surface area contributed by atoms with Gasteiger partial charge in [0.1, 0.15) is 5.56 Å². The lowest BCUT2D eigenvalue weighted by Crippen LogP contribution is -2.44. The number of carboxylic acids is 1. The van der Waals surface area contributed by atoms with Crippen LogP contribution < -0.4 is 5.32 Å². The predicted molar refractivity (Wildman–Crippen MR) is 61.7 cm³/mol. The van der Waals surface area contributed by atoms with Crippen molar-refractivity contribution in [2.75, 3.05) is 5.32 Å². The first-order chi connectivity index (χ1) is 7.67. The third-order valence-electron chi connectivity index (χ3n) is 3.44. The van der Waals surface area contributed by atoms with Gasteiger partial charge in [0.2, 0.25) is 0 Å². The molecule has 4 nitrogen and oxygen atoms in total. The summed E-state index contributed by atoms with van der Waals surface area (Å²) in [5.41, 5.74) is 1.04. The minimum atomic E-state index is -0.929. The van der Waals surface area contributed by atoms with Gasteiger partial charge in [0, 0.05) is 17.9 Å². The summed E-state index contributed by atoms with van der Waals surface area (Å²) in [5, 5.41) is 12.4. The van der Waals surface area contributed by atoms with Crippen LogP contribution >= 0.6 is 0 Å². The van der Waals surface area contributed by atoms with Crippen LogP contribution in [0.5, 0.6) is 0 Å². The zero-order valence-electron chi connectivity index (χ0n) is 9.36. The van der Waals surface area contributed by atoms with Crippen molar-refractivity contribution in [2.45, 2.75) is 38.1 Å². The van der Waals surface area contributed by atoms with Gasteiger partial charge in [-0.25, -0.2) is 4.79 Å². The third kappa shape index (κ3) is 1.87. The summed E-state index contributed by atoms with van der Waals surface area (Å²) in [6, 6.07) is 1.74. The number of carbonyl (C=O) groups is 1. The molecule has 1 heterocycles. The van der Waals surface area contributed by atoms with Crippen LogP contribution in [0.2, 0.25) is 0 Å². The van der Waals surface area contributed by atoms with E-state index in [2.05, 4.69) is 17.2 Å². The van der Waals surface area contributed by atoms with Gasteiger partial charge in [0.25, 0.3) is 0 Å². The molecule has 1 aromatic heterocycles. The van der Waals surface area contributed by atoms with Crippen LogP contribution in [0.3, 0.4) is 0 Å². The summed E-state index contributed by atoms with van der Waals surface area (Å²) in [7, 11) is 0. The first-order valence-corrected chi connectivity index (χ1v) is 5.62. The monoisotopic (exact) mass is 220 g/mol. The molecule has 1 saturated carbocycles. The lowest BCUT2D eigenvalue weighted by molar-refractivity contribution is 0.0697. The van der Waals surface area contributed by atoms with Crippen LogP contribution in [0.25, 0.3) is 0 Å². The fraction of sp³-hybridized carbons (Fsp3) is 0.500. The molecular formula is C12H16N2O2. The highest BCUT2D eigenvalue weighted by Crippen LogP contribution is 2.38. The molecule has 86 valence electrons. The third-order valence-corrected chi connectivity index (χ3v) is 3.44. The molecule has 0 amide bonds. The lowest BCUT2D eigenvalue weighted by Gasteiger charge is -2.43. The van der Waals surface area contributed by atoms with Crippen LogP contribution in [0.1, 0.15) is 43.0 Å². The van der Waals surface area contributed by atoms with Gasteiger partial charge >= 0.3 is 5.97 Å². The van der Waals surface area contributed by atoms with Crippen molar-refractivity contribution in [3.05, 3.63) is 24.0 Å². The van der Waals surface area contributed by atoms with E-state index in [4.69, 9.17) is 5.11 Å². The van der Waals surface area contributed by atoms with Gasteiger partial charge in [-0.15, -0.1) is 0 Å². The fourth-order valence-corrected chi connectivity index (χ4v) is 2.13. The molecule has 2 rings (SSSR count). The van der Waals surface area contributed by atoms with Crippen molar-refractivity contribution in [3.8, 4) is 0 Å². The molecule has 4 heteroatoms. The van der Waals surface area contributed by atoms with E-state index in [0.29, 0.717) is 5.69 Å². The van der Waals surface area contributed by atoms with Crippen molar-refractivity contribution in [1.82, 2.24) is 4.98 Å². The number of carboxylic acid groups (broad SMARTS) is 1. The summed E-state index contributed by atoms with van der Waals surface area (Å²) in [4.78, 5) is 14.9. The molecule has 0 atom stereocenters. The molecule has 0 saturated heterocycles. The Bertz CT molecular complexity index is 394. The number of pyridine rings is 1. The number of aromatic nitrogens is 1. The van der Waals surface area contributed by atoms with Crippen molar-refractivity contribution in [2.24, 2.45) is 0 Å². The SMILES string of the molecule is CCC1(Nc2ccncc2C(=O)O)CCC1. The molecule has 0 bridgehead atoms. The normalized spacial score (nSPS) is 17.6. The van der Waals surface area contributed by atoms with Crippen LogP contribution in [0.15, 0.2) is 18.5 Å². The molecule has 1 aliphatic carbocycles. The molecule has 1 aliphatic rings. The van der Waals surface area contributed by atoms with Gasteiger partial charge in [-0.1, -0.05) is 6.92 Å². The number of aromatic carboxylic acids is 1. The Balaban J connectivity index is 2.23. The van der Waals surface area contributed by atoms with Gasteiger partial charge < -0.3 is 10.4 Å². The van der Waals surface area contributed by atoms with Gasteiger partial charge in [0.15, 0.2) is 0 Å². The molecule has 1 aromatic rings. The Morgan fingerprint density at radius 3 is 2.88 bits per heavy atom. The Kier molecular flexibility index (Phi) is 2.81. The minimum absolute atomic E-state index is 0.103. The highest BCUT2D eigenvalue weighted by molar-refractivity contribution is 5.93. The quantitative estimate of drug-likeness (QED) is 0.818. The summed E-state index contributed by atoms with van der Waals surface area (Å²) in [6.45, 7) is 2.13. The molecule has 0 unspecified atom stereocenters. The van der Waals surface area contributed by atoms with Gasteiger partial charge in [0.05, 0.1) is 5.69 Å². The second-order valence-corrected chi connectivity index (χ2v) is 4.34. The highest BCUT2D eigenvalue weighted by Gasteiger charge is 2.35. The number of nitrogens with zero attached hydrogens (tertiary/aromatic N) is 1. The van der Waals surface area contributed by atoms with E-state index in [0.717, 1.165) is 19.3 Å². The Hall–Kier alpha value is -1.58. The minimum Gasteiger partial charge on any atom is -0.478 e. The number of anilines is 1. The maximum absolute atomic E-state index is 11.0. The van der Waals surface area contributed by atoms with Gasteiger partial charge in [-0.3, -0.25) is 4.98 Å². The van der Waals surface area contributed by atoms with Crippen LogP contribution in [0, 0.1) is 0 Å². The van der Waals surface area contributed by atoms with E-state index in [1.165, 1.54) is 12.6 Å². The molecule has 0 radical (unpaired) electrons. The van der Waals surface area contributed by atoms with Crippen molar-refractivity contribution >= 4 is 11.7 Å². The molecular weight excluding hydrogens is 204 g/mol. The first kappa shape index (κ1) is 10.9. The van der Waals surface area contributed by atoms with Crippen molar-refractivity contribution < 1.29 is 9.90 Å². The van der Waals surface area contributed by atoms with Gasteiger partial charge in [-0.05, 0) is 31.7 Å². The van der Waals surface area contributed by atoms with Crippen molar-refractivity contribution in [1.29, 1.82) is 0 Å². The van der Waals surface area contributed by atoms with Crippen LogP contribution in [0.4, 0.5) is 5.69 Å². The average molecular weight is 220 g/mol. The summed E-state index contributed by atoms with van der Waals surface area (Å²) in [5.74, 6) is -0.929. The molecule has 1 fully saturated rings. The Labute approximate surface area is 94.7 Å². The van der Waals surface area contributed by atoms with E-state index in [-0.39, 0.29) is 11.1 Å². The zero-order chi connectivity index (χ0) is 11.6. The molecule has 0 spiro atoms. The standard InChI is InChI=1S/C12H16N2O2/c1-2-12(5-3-6-12)14-10-4-7-13-8-9(10)11(15)16/h4,7-8H,2-3,5-6H2,1H3,(H,13,14)(H,15,16). The van der Waals surface area contributed by atoms with Crippen LogP contribution in [-0.4, -0.2) is 21.6 Å². The van der Waals surface area contributed by atoms with E-state index in [1.807, 2.05) is 0 Å². The first-order valence-electron chi connectivity index (χ1n) is 5.62. The molecule has 0 aliphatic heterocycles. The number of rotatable bonds is 4. The number of hydrogen-bond acceptors (Lipinski definition) is 3. The zero-order valence-corrected chi connectivity index (χ0v) is 9.36. The maximum Gasteiger partial charge on any atom is 0.339 e. The fourth-order valence-electron chi connectivity index (χ4n) is 2.13. The number of hydrogen-bond donors (Lipinski definition) is 2. The lowest BCUT2D eigenvalue weighted by atomic mass is 9.74. The maximum atomic E-state index is 11.0. The van der Waals surface area contributed by atoms with Crippen LogP contribution in [-0.2, 0) is 0 Å². The van der Waals surface area contributed by atoms with Gasteiger partial charge in [-0.2, -0.15) is 0 Å². The summed E-state index contributed by atoms with van der Waals surface area (Å²) in [6.07, 6.45) is 7.49. The number of nitrogens with one attached hydrogen (secondary N) is 1. The molecule has 2 N–H and O–H groups in total. The smallest absolute Gasteiger partial charge is 0.339 e. The largest absolute Gasteiger partial charge is 0.478 e. The molecule has 16 heavy (non-hydrogen) atoms. The van der Waals surface area contributed by atoms with E-state index in [1.54, 1.807) is 12.3 Å². The molecule has 0 aromatic carbocycles. The second-order valence-electron chi connectivity index (χ2n) is 4.34. The van der Waals surface area contributed by atoms with E-state index in [9.17, 15) is 4.79 Å².